The highest BCUT2D eigenvalue weighted by Gasteiger charge is 1.90. The quantitative estimate of drug-likeness (QED) is 0.712. The number of rotatable bonds is 5. The summed E-state index contributed by atoms with van der Waals surface area (Å²) >= 11 is 3.46. The predicted octanol–water partition coefficient (Wildman–Crippen LogP) is 4.93. The Hall–Kier alpha value is -1.54. The lowest BCUT2D eigenvalue weighted by Gasteiger charge is -2.03. The summed E-state index contributed by atoms with van der Waals surface area (Å²) in [5.41, 5.74) is 1.20. The molecule has 2 aromatic carbocycles. The zero-order chi connectivity index (χ0) is 12.6. The Morgan fingerprint density at radius 3 is 2.61 bits per heavy atom. The zero-order valence-corrected chi connectivity index (χ0v) is 11.6. The molecular formula is C16H15BrO. The van der Waals surface area contributed by atoms with Crippen LogP contribution in [0.15, 0.2) is 65.1 Å². The largest absolute Gasteiger partial charge is 0.493 e. The highest BCUT2D eigenvalue weighted by Crippen LogP contribution is 2.13. The third-order valence-electron chi connectivity index (χ3n) is 2.46. The number of para-hydroxylation sites is 1. The molecule has 0 saturated carbocycles. The van der Waals surface area contributed by atoms with Crippen molar-refractivity contribution in [1.82, 2.24) is 0 Å². The number of halogens is 1. The van der Waals surface area contributed by atoms with E-state index in [4.69, 9.17) is 4.74 Å². The number of hydrogen-bond acceptors (Lipinski definition) is 1. The smallest absolute Gasteiger partial charge is 0.119 e. The van der Waals surface area contributed by atoms with Crippen LogP contribution in [0.1, 0.15) is 12.0 Å². The summed E-state index contributed by atoms with van der Waals surface area (Å²) in [5.74, 6) is 0.924. The van der Waals surface area contributed by atoms with Crippen molar-refractivity contribution in [1.29, 1.82) is 0 Å². The maximum atomic E-state index is 5.61. The van der Waals surface area contributed by atoms with Gasteiger partial charge in [0, 0.05) is 4.47 Å². The number of hydrogen-bond donors (Lipinski definition) is 0. The first-order chi connectivity index (χ1) is 8.84. The van der Waals surface area contributed by atoms with Crippen LogP contribution >= 0.6 is 15.9 Å². The van der Waals surface area contributed by atoms with Gasteiger partial charge in [0.25, 0.3) is 0 Å². The summed E-state index contributed by atoms with van der Waals surface area (Å²) < 4.78 is 6.71. The van der Waals surface area contributed by atoms with Crippen molar-refractivity contribution < 1.29 is 4.74 Å². The Bertz CT molecular complexity index is 506. The first-order valence-corrected chi connectivity index (χ1v) is 6.74. The molecule has 0 bridgehead atoms. The summed E-state index contributed by atoms with van der Waals surface area (Å²) in [5, 5.41) is 0. The van der Waals surface area contributed by atoms with Gasteiger partial charge in [-0.1, -0.05) is 58.4 Å². The zero-order valence-electron chi connectivity index (χ0n) is 10.1. The lowest BCUT2D eigenvalue weighted by atomic mass is 10.2. The second kappa shape index (κ2) is 7.02. The van der Waals surface area contributed by atoms with Crippen molar-refractivity contribution in [3.63, 3.8) is 0 Å². The number of benzene rings is 2. The summed E-state index contributed by atoms with van der Waals surface area (Å²) in [7, 11) is 0. The van der Waals surface area contributed by atoms with Crippen LogP contribution in [0.5, 0.6) is 5.75 Å². The van der Waals surface area contributed by atoms with Crippen LogP contribution in [-0.4, -0.2) is 6.61 Å². The minimum absolute atomic E-state index is 0.703. The maximum Gasteiger partial charge on any atom is 0.119 e. The summed E-state index contributed by atoms with van der Waals surface area (Å²) in [6.45, 7) is 0.703. The Labute approximate surface area is 116 Å². The molecule has 0 amide bonds. The van der Waals surface area contributed by atoms with Crippen LogP contribution < -0.4 is 4.74 Å². The molecular weight excluding hydrogens is 288 g/mol. The highest BCUT2D eigenvalue weighted by molar-refractivity contribution is 9.10. The van der Waals surface area contributed by atoms with Crippen molar-refractivity contribution in [3.05, 3.63) is 70.7 Å². The van der Waals surface area contributed by atoms with Gasteiger partial charge < -0.3 is 4.74 Å². The van der Waals surface area contributed by atoms with Gasteiger partial charge in [-0.2, -0.15) is 0 Å². The first kappa shape index (κ1) is 12.9. The van der Waals surface area contributed by atoms with Crippen LogP contribution in [0.4, 0.5) is 0 Å². The summed E-state index contributed by atoms with van der Waals surface area (Å²) in [6, 6.07) is 18.1. The van der Waals surface area contributed by atoms with Gasteiger partial charge in [-0.25, -0.2) is 0 Å². The summed E-state index contributed by atoms with van der Waals surface area (Å²) in [6.07, 6.45) is 5.14. The van der Waals surface area contributed by atoms with Crippen LogP contribution in [-0.2, 0) is 0 Å². The Kier molecular flexibility index (Phi) is 5.03. The standard InChI is InChI=1S/C16H15BrO/c17-15-9-6-8-14(13-15)7-4-5-12-18-16-10-2-1-3-11-16/h1-4,6-11,13H,5,12H2. The average Bonchev–Trinajstić information content (AvgIpc) is 2.40. The van der Waals surface area contributed by atoms with Gasteiger partial charge in [-0.05, 0) is 36.2 Å². The highest BCUT2D eigenvalue weighted by atomic mass is 79.9. The molecule has 0 aliphatic carbocycles. The second-order valence-electron chi connectivity index (χ2n) is 3.91. The topological polar surface area (TPSA) is 9.23 Å². The summed E-state index contributed by atoms with van der Waals surface area (Å²) in [4.78, 5) is 0. The van der Waals surface area contributed by atoms with Gasteiger partial charge in [0.2, 0.25) is 0 Å². The van der Waals surface area contributed by atoms with E-state index in [-0.39, 0.29) is 0 Å². The molecule has 0 heterocycles. The van der Waals surface area contributed by atoms with E-state index in [2.05, 4.69) is 40.2 Å². The molecule has 18 heavy (non-hydrogen) atoms. The third-order valence-corrected chi connectivity index (χ3v) is 2.95. The van der Waals surface area contributed by atoms with Crippen LogP contribution in [0, 0.1) is 0 Å². The fourth-order valence-electron chi connectivity index (χ4n) is 1.59. The molecule has 0 saturated heterocycles. The van der Waals surface area contributed by atoms with Gasteiger partial charge >= 0.3 is 0 Å². The molecule has 0 aliphatic rings. The predicted molar refractivity (Wildman–Crippen MR) is 79.7 cm³/mol. The lowest BCUT2D eigenvalue weighted by molar-refractivity contribution is 0.325. The van der Waals surface area contributed by atoms with E-state index in [9.17, 15) is 0 Å². The Morgan fingerprint density at radius 2 is 1.83 bits per heavy atom. The molecule has 0 atom stereocenters. The molecule has 1 nitrogen and oxygen atoms in total. The van der Waals surface area contributed by atoms with Gasteiger partial charge in [-0.3, -0.25) is 0 Å². The van der Waals surface area contributed by atoms with Crippen molar-refractivity contribution in [2.24, 2.45) is 0 Å². The first-order valence-electron chi connectivity index (χ1n) is 5.94. The molecule has 0 fully saturated rings. The van der Waals surface area contributed by atoms with Gasteiger partial charge in [0.05, 0.1) is 6.61 Å². The molecule has 0 unspecified atom stereocenters. The van der Waals surface area contributed by atoms with Crippen molar-refractivity contribution in [2.75, 3.05) is 6.61 Å². The van der Waals surface area contributed by atoms with E-state index in [1.165, 1.54) is 5.56 Å². The molecule has 2 heteroatoms. The molecule has 0 spiro atoms. The van der Waals surface area contributed by atoms with Crippen LogP contribution in [0.2, 0.25) is 0 Å². The normalized spacial score (nSPS) is 10.7. The molecule has 2 rings (SSSR count). The van der Waals surface area contributed by atoms with Crippen molar-refractivity contribution in [3.8, 4) is 5.75 Å². The van der Waals surface area contributed by atoms with Gasteiger partial charge in [0.1, 0.15) is 5.75 Å². The van der Waals surface area contributed by atoms with E-state index in [1.54, 1.807) is 0 Å². The Morgan fingerprint density at radius 1 is 1.00 bits per heavy atom. The molecule has 0 aromatic heterocycles. The van der Waals surface area contributed by atoms with E-state index in [0.717, 1.165) is 16.6 Å². The van der Waals surface area contributed by atoms with Crippen LogP contribution in [0.3, 0.4) is 0 Å². The maximum absolute atomic E-state index is 5.61. The van der Waals surface area contributed by atoms with E-state index < -0.39 is 0 Å². The SMILES string of the molecule is Brc1cccc(C=CCCOc2ccccc2)c1. The van der Waals surface area contributed by atoms with E-state index in [1.807, 2.05) is 42.5 Å². The van der Waals surface area contributed by atoms with Crippen molar-refractivity contribution >= 4 is 22.0 Å². The van der Waals surface area contributed by atoms with Crippen molar-refractivity contribution in [2.45, 2.75) is 6.42 Å². The monoisotopic (exact) mass is 302 g/mol. The molecule has 0 N–H and O–H groups in total. The minimum Gasteiger partial charge on any atom is -0.493 e. The molecule has 0 aliphatic heterocycles. The van der Waals surface area contributed by atoms with E-state index in [0.29, 0.717) is 6.61 Å². The van der Waals surface area contributed by atoms with Gasteiger partial charge in [0.15, 0.2) is 0 Å². The third kappa shape index (κ3) is 4.38. The fourth-order valence-corrected chi connectivity index (χ4v) is 2.01. The molecule has 2 aromatic rings. The van der Waals surface area contributed by atoms with E-state index >= 15 is 0 Å². The Balaban J connectivity index is 1.75. The molecule has 0 radical (unpaired) electrons. The number of ether oxygens (including phenoxy) is 1. The van der Waals surface area contributed by atoms with Gasteiger partial charge in [-0.15, -0.1) is 0 Å². The molecule has 92 valence electrons. The lowest BCUT2D eigenvalue weighted by Crippen LogP contribution is -1.94. The minimum atomic E-state index is 0.703. The fraction of sp³-hybridized carbons (Fsp3) is 0.125. The second-order valence-corrected chi connectivity index (χ2v) is 4.82. The van der Waals surface area contributed by atoms with Crippen LogP contribution in [0.25, 0.3) is 6.08 Å². The average molecular weight is 303 g/mol.